The van der Waals surface area contributed by atoms with Crippen LogP contribution >= 0.6 is 0 Å². The first-order valence-corrected chi connectivity index (χ1v) is 9.89. The van der Waals surface area contributed by atoms with Gasteiger partial charge < -0.3 is 0 Å². The van der Waals surface area contributed by atoms with E-state index in [-0.39, 0.29) is 0 Å². The van der Waals surface area contributed by atoms with Gasteiger partial charge >= 0.3 is 60.1 Å². The van der Waals surface area contributed by atoms with Crippen LogP contribution in [0.3, 0.4) is 0 Å². The van der Waals surface area contributed by atoms with Crippen LogP contribution in [0, 0.1) is 0 Å². The average Bonchev–Trinajstić information content (AvgIpc) is 1.35. The summed E-state index contributed by atoms with van der Waals surface area (Å²) in [6, 6.07) is 1.47. The van der Waals surface area contributed by atoms with Gasteiger partial charge in [-0.25, -0.2) is 0 Å². The predicted octanol–water partition coefficient (Wildman–Crippen LogP) is 1.76. The van der Waals surface area contributed by atoms with Crippen LogP contribution in [0.1, 0.15) is 6.92 Å². The molecule has 0 N–H and O–H groups in total. The second-order valence-electron chi connectivity index (χ2n) is 2.34. The maximum absolute atomic E-state index is 2.44. The SMILES string of the molecule is CC[Si](C)(C)[Y]. The fourth-order valence-electron chi connectivity index (χ4n) is 0. The molecule has 0 saturated carbocycles. The van der Waals surface area contributed by atoms with Gasteiger partial charge in [-0.1, -0.05) is 0 Å². The fraction of sp³-hybridized carbons (Fsp3) is 1.00. The van der Waals surface area contributed by atoms with E-state index in [1.807, 2.05) is 0 Å². The van der Waals surface area contributed by atoms with Crippen molar-refractivity contribution in [1.29, 1.82) is 0 Å². The summed E-state index contributed by atoms with van der Waals surface area (Å²) in [6.45, 7) is 7.18. The van der Waals surface area contributed by atoms with Gasteiger partial charge in [-0.05, 0) is 0 Å². The summed E-state index contributed by atoms with van der Waals surface area (Å²) in [6.07, 6.45) is 0. The molecule has 0 rings (SSSR count). The minimum absolute atomic E-state index is 0.501. The van der Waals surface area contributed by atoms with Gasteiger partial charge in [0.15, 0.2) is 0 Å². The van der Waals surface area contributed by atoms with Gasteiger partial charge in [0.1, 0.15) is 0 Å². The van der Waals surface area contributed by atoms with E-state index < -0.39 is 4.09 Å². The second kappa shape index (κ2) is 2.58. The van der Waals surface area contributed by atoms with Crippen LogP contribution in [0.4, 0.5) is 0 Å². The Balaban J connectivity index is 3.17. The average molecular weight is 176 g/mol. The fourth-order valence-corrected chi connectivity index (χ4v) is 0. The van der Waals surface area contributed by atoms with Crippen LogP contribution in [0.25, 0.3) is 0 Å². The standard InChI is InChI=1S/C4H11Si.Y/c1-4-5(2)3;/h4H2,1-3H3;. The third kappa shape index (κ3) is 5.32. The molecule has 0 saturated heterocycles. The Labute approximate surface area is 59.8 Å². The van der Waals surface area contributed by atoms with Crippen molar-refractivity contribution in [2.75, 3.05) is 0 Å². The van der Waals surface area contributed by atoms with Crippen LogP contribution < -0.4 is 0 Å². The van der Waals surface area contributed by atoms with Gasteiger partial charge in [0.25, 0.3) is 0 Å². The second-order valence-corrected chi connectivity index (χ2v) is 18.6. The molecule has 0 nitrogen and oxygen atoms in total. The van der Waals surface area contributed by atoms with Gasteiger partial charge in [-0.3, -0.25) is 0 Å². The molecule has 0 amide bonds. The molecule has 0 radical (unpaired) electrons. The third-order valence-electron chi connectivity index (χ3n) is 0.911. The first-order chi connectivity index (χ1) is 2.56. The van der Waals surface area contributed by atoms with Gasteiger partial charge in [-0.2, -0.15) is 0 Å². The van der Waals surface area contributed by atoms with E-state index in [1.165, 1.54) is 36.0 Å². The van der Waals surface area contributed by atoms with Crippen LogP contribution in [0.5, 0.6) is 0 Å². The van der Waals surface area contributed by atoms with Gasteiger partial charge in [-0.15, -0.1) is 0 Å². The molecule has 0 aliphatic carbocycles. The van der Waals surface area contributed by atoms with Crippen LogP contribution in [0.2, 0.25) is 19.1 Å². The normalized spacial score (nSPS) is 11.7. The van der Waals surface area contributed by atoms with Gasteiger partial charge in [0.05, 0.1) is 0 Å². The van der Waals surface area contributed by atoms with Crippen molar-refractivity contribution in [3.63, 3.8) is 0 Å². The Hall–Kier alpha value is 1.32. The molecule has 6 heavy (non-hydrogen) atoms. The first kappa shape index (κ1) is 7.32. The molecule has 0 spiro atoms. The summed E-state index contributed by atoms with van der Waals surface area (Å²) in [7, 11) is 0. The van der Waals surface area contributed by atoms with Crippen LogP contribution in [-0.2, 0) is 30.0 Å². The zero-order valence-electron chi connectivity index (χ0n) is 4.78. The molecule has 34 valence electrons. The van der Waals surface area contributed by atoms with Gasteiger partial charge in [0.2, 0.25) is 0 Å². The van der Waals surface area contributed by atoms with E-state index in [4.69, 9.17) is 0 Å². The molecule has 0 aromatic carbocycles. The Morgan fingerprint density at radius 3 is 1.67 bits per heavy atom. The monoisotopic (exact) mass is 176 g/mol. The first-order valence-electron chi connectivity index (χ1n) is 2.35. The van der Waals surface area contributed by atoms with E-state index in [0.717, 1.165) is 0 Å². The van der Waals surface area contributed by atoms with Crippen molar-refractivity contribution in [1.82, 2.24) is 0 Å². The molecular weight excluding hydrogens is 165 g/mol. The molecule has 0 atom stereocenters. The summed E-state index contributed by atoms with van der Waals surface area (Å²) < 4.78 is -0.501. The van der Waals surface area contributed by atoms with E-state index in [1.54, 1.807) is 0 Å². The van der Waals surface area contributed by atoms with Crippen molar-refractivity contribution in [2.45, 2.75) is 26.1 Å². The Morgan fingerprint density at radius 1 is 1.50 bits per heavy atom. The Kier molecular flexibility index (Phi) is 3.15. The molecule has 0 aliphatic rings. The summed E-state index contributed by atoms with van der Waals surface area (Å²) in [5.74, 6) is 0. The summed E-state index contributed by atoms with van der Waals surface area (Å²) in [5, 5.41) is 0. The summed E-state index contributed by atoms with van der Waals surface area (Å²) >= 11 is 1.53. The Bertz CT molecular complexity index is 37.3. The number of hydrogen-bond acceptors (Lipinski definition) is 0. The summed E-state index contributed by atoms with van der Waals surface area (Å²) in [5.41, 5.74) is 0. The van der Waals surface area contributed by atoms with E-state index in [0.29, 0.717) is 0 Å². The van der Waals surface area contributed by atoms with Gasteiger partial charge in [0, 0.05) is 0 Å². The minimum atomic E-state index is -0.501. The van der Waals surface area contributed by atoms with Crippen molar-refractivity contribution in [3.05, 3.63) is 0 Å². The quantitative estimate of drug-likeness (QED) is 0.534. The van der Waals surface area contributed by atoms with E-state index in [9.17, 15) is 0 Å². The molecule has 0 heterocycles. The van der Waals surface area contributed by atoms with Crippen molar-refractivity contribution in [3.8, 4) is 0 Å². The number of rotatable bonds is 1. The Morgan fingerprint density at radius 2 is 1.67 bits per heavy atom. The molecule has 0 aromatic rings. The van der Waals surface area contributed by atoms with Crippen molar-refractivity contribution >= 4 is 4.09 Å². The maximum atomic E-state index is 2.44. The molecule has 0 aromatic heterocycles. The molecule has 0 bridgehead atoms. The zero-order chi connectivity index (χ0) is 5.21. The molecule has 0 fully saturated rings. The van der Waals surface area contributed by atoms with Crippen LogP contribution in [-0.4, -0.2) is 4.09 Å². The molecule has 0 unspecified atom stereocenters. The molecule has 0 aliphatic heterocycles. The predicted molar refractivity (Wildman–Crippen MR) is 28.0 cm³/mol. The van der Waals surface area contributed by atoms with Crippen molar-refractivity contribution in [2.24, 2.45) is 0 Å². The van der Waals surface area contributed by atoms with Crippen molar-refractivity contribution < 1.29 is 30.0 Å². The van der Waals surface area contributed by atoms with Crippen LogP contribution in [0.15, 0.2) is 0 Å². The topological polar surface area (TPSA) is 0 Å². The zero-order valence-corrected chi connectivity index (χ0v) is 8.62. The molecular formula is C4H11SiY. The van der Waals surface area contributed by atoms with E-state index in [2.05, 4.69) is 20.0 Å². The summed E-state index contributed by atoms with van der Waals surface area (Å²) in [4.78, 5) is 0. The third-order valence-corrected chi connectivity index (χ3v) is 5.74. The number of hydrogen-bond donors (Lipinski definition) is 0. The van der Waals surface area contributed by atoms with E-state index >= 15 is 0 Å². The molecule has 2 heteroatoms.